The van der Waals surface area contributed by atoms with E-state index in [1.54, 1.807) is 23.1 Å². The smallest absolute Gasteiger partial charge is 0.260 e. The number of carbonyl (C=O) groups is 1. The molecule has 1 saturated heterocycles. The van der Waals surface area contributed by atoms with Crippen LogP contribution in [0.25, 0.3) is 0 Å². The number of carbonyl (C=O) groups excluding carboxylic acids is 1. The molecule has 0 radical (unpaired) electrons. The molecule has 0 aliphatic carbocycles. The molecule has 6 heteroatoms. The molecule has 0 aromatic heterocycles. The summed E-state index contributed by atoms with van der Waals surface area (Å²) in [4.78, 5) is 14.1. The highest BCUT2D eigenvalue weighted by Crippen LogP contribution is 2.26. The number of nitrogens with zero attached hydrogens (tertiary/aromatic N) is 1. The molecule has 144 valence electrons. The molecule has 1 aliphatic rings. The lowest BCUT2D eigenvalue weighted by Gasteiger charge is -2.33. The summed E-state index contributed by atoms with van der Waals surface area (Å²) in [5, 5.41) is 9.69. The topological polar surface area (TPSA) is 49.8 Å². The van der Waals surface area contributed by atoms with Crippen LogP contribution in [0, 0.1) is 17.6 Å². The number of likely N-dealkylation sites (tertiary alicyclic amines) is 1. The second-order valence-corrected chi connectivity index (χ2v) is 6.84. The third kappa shape index (κ3) is 4.96. The van der Waals surface area contributed by atoms with Crippen LogP contribution in [0.2, 0.25) is 0 Å². The van der Waals surface area contributed by atoms with Crippen LogP contribution >= 0.6 is 0 Å². The molecule has 0 unspecified atom stereocenters. The minimum absolute atomic E-state index is 0.00580. The molecule has 1 aliphatic heterocycles. The van der Waals surface area contributed by atoms with Gasteiger partial charge in [0, 0.05) is 18.7 Å². The molecule has 2 aromatic rings. The Morgan fingerprint density at radius 3 is 2.63 bits per heavy atom. The van der Waals surface area contributed by atoms with Gasteiger partial charge < -0.3 is 14.7 Å². The molecule has 2 aromatic carbocycles. The van der Waals surface area contributed by atoms with Gasteiger partial charge in [0.05, 0.1) is 0 Å². The lowest BCUT2D eigenvalue weighted by molar-refractivity contribution is -0.135. The average Bonchev–Trinajstić information content (AvgIpc) is 2.67. The SMILES string of the molecule is O=C(COc1ccccc1O)N1CCC[C@@H](CCc2c(F)cccc2F)C1. The third-order valence-corrected chi connectivity index (χ3v) is 4.95. The van der Waals surface area contributed by atoms with E-state index in [0.29, 0.717) is 25.9 Å². The predicted molar refractivity (Wildman–Crippen MR) is 97.6 cm³/mol. The van der Waals surface area contributed by atoms with Crippen molar-refractivity contribution in [3.63, 3.8) is 0 Å². The van der Waals surface area contributed by atoms with Gasteiger partial charge in [0.15, 0.2) is 18.1 Å². The number of benzene rings is 2. The predicted octanol–water partition coefficient (Wildman–Crippen LogP) is 3.92. The van der Waals surface area contributed by atoms with Crippen LogP contribution in [0.15, 0.2) is 42.5 Å². The summed E-state index contributed by atoms with van der Waals surface area (Å²) in [6, 6.07) is 10.4. The zero-order valence-corrected chi connectivity index (χ0v) is 15.0. The summed E-state index contributed by atoms with van der Waals surface area (Å²) in [5.41, 5.74) is 0.115. The Morgan fingerprint density at radius 2 is 1.89 bits per heavy atom. The maximum absolute atomic E-state index is 13.8. The first-order valence-corrected chi connectivity index (χ1v) is 9.16. The molecule has 1 amide bonds. The van der Waals surface area contributed by atoms with E-state index >= 15 is 0 Å². The molecule has 1 N–H and O–H groups in total. The maximum Gasteiger partial charge on any atom is 0.260 e. The number of piperidine rings is 1. The van der Waals surface area contributed by atoms with E-state index < -0.39 is 11.6 Å². The fourth-order valence-corrected chi connectivity index (χ4v) is 3.46. The zero-order valence-electron chi connectivity index (χ0n) is 15.0. The van der Waals surface area contributed by atoms with Gasteiger partial charge in [-0.15, -0.1) is 0 Å². The molecule has 0 spiro atoms. The minimum Gasteiger partial charge on any atom is -0.504 e. The number of phenols is 1. The van der Waals surface area contributed by atoms with E-state index in [1.807, 2.05) is 0 Å². The van der Waals surface area contributed by atoms with E-state index in [0.717, 1.165) is 12.8 Å². The first-order chi connectivity index (χ1) is 13.0. The Hall–Kier alpha value is -2.63. The van der Waals surface area contributed by atoms with Crippen LogP contribution in [0.1, 0.15) is 24.8 Å². The molecule has 1 atom stereocenters. The third-order valence-electron chi connectivity index (χ3n) is 4.95. The number of hydrogen-bond donors (Lipinski definition) is 1. The Kier molecular flexibility index (Phi) is 6.27. The number of amides is 1. The van der Waals surface area contributed by atoms with Gasteiger partial charge in [-0.2, -0.15) is 0 Å². The molecule has 27 heavy (non-hydrogen) atoms. The van der Waals surface area contributed by atoms with Crippen LogP contribution in [-0.2, 0) is 11.2 Å². The molecule has 1 heterocycles. The molecular formula is C21H23F2NO3. The number of rotatable bonds is 6. The van der Waals surface area contributed by atoms with Crippen LogP contribution in [0.4, 0.5) is 8.78 Å². The highest BCUT2D eigenvalue weighted by atomic mass is 19.1. The van der Waals surface area contributed by atoms with Gasteiger partial charge >= 0.3 is 0 Å². The molecule has 1 fully saturated rings. The fraction of sp³-hybridized carbons (Fsp3) is 0.381. The zero-order chi connectivity index (χ0) is 19.2. The van der Waals surface area contributed by atoms with Gasteiger partial charge in [-0.25, -0.2) is 8.78 Å². The van der Waals surface area contributed by atoms with E-state index in [1.165, 1.54) is 24.3 Å². The summed E-state index contributed by atoms with van der Waals surface area (Å²) in [7, 11) is 0. The second kappa shape index (κ2) is 8.84. The summed E-state index contributed by atoms with van der Waals surface area (Å²) in [6.45, 7) is 1.05. The monoisotopic (exact) mass is 375 g/mol. The highest BCUT2D eigenvalue weighted by Gasteiger charge is 2.24. The van der Waals surface area contributed by atoms with Crippen LogP contribution in [-0.4, -0.2) is 35.6 Å². The number of phenolic OH excluding ortho intramolecular Hbond substituents is 1. The molecule has 0 saturated carbocycles. The van der Waals surface area contributed by atoms with Crippen molar-refractivity contribution in [3.05, 3.63) is 59.7 Å². The quantitative estimate of drug-likeness (QED) is 0.833. The van der Waals surface area contributed by atoms with Crippen molar-refractivity contribution in [2.45, 2.75) is 25.7 Å². The Bertz CT molecular complexity index is 776. The number of para-hydroxylation sites is 2. The number of aromatic hydroxyl groups is 1. The average molecular weight is 375 g/mol. The lowest BCUT2D eigenvalue weighted by atomic mass is 9.91. The summed E-state index contributed by atoms with van der Waals surface area (Å²) < 4.78 is 32.9. The number of ether oxygens (including phenoxy) is 1. The van der Waals surface area contributed by atoms with Crippen LogP contribution in [0.5, 0.6) is 11.5 Å². The van der Waals surface area contributed by atoms with Crippen molar-refractivity contribution in [2.24, 2.45) is 5.92 Å². The van der Waals surface area contributed by atoms with Crippen molar-refractivity contribution in [1.29, 1.82) is 0 Å². The summed E-state index contributed by atoms with van der Waals surface area (Å²) >= 11 is 0. The largest absolute Gasteiger partial charge is 0.504 e. The highest BCUT2D eigenvalue weighted by molar-refractivity contribution is 5.78. The van der Waals surface area contributed by atoms with Crippen molar-refractivity contribution < 1.29 is 23.4 Å². The van der Waals surface area contributed by atoms with E-state index in [2.05, 4.69) is 0 Å². The van der Waals surface area contributed by atoms with Crippen LogP contribution in [0.3, 0.4) is 0 Å². The van der Waals surface area contributed by atoms with Crippen molar-refractivity contribution in [2.75, 3.05) is 19.7 Å². The minimum atomic E-state index is -0.519. The van der Waals surface area contributed by atoms with E-state index in [-0.39, 0.29) is 35.5 Å². The molecule has 3 rings (SSSR count). The van der Waals surface area contributed by atoms with Gasteiger partial charge in [0.2, 0.25) is 0 Å². The molecule has 4 nitrogen and oxygen atoms in total. The molecule has 0 bridgehead atoms. The Morgan fingerprint density at radius 1 is 1.15 bits per heavy atom. The van der Waals surface area contributed by atoms with Gasteiger partial charge in [0.1, 0.15) is 11.6 Å². The Labute approximate surface area is 157 Å². The lowest BCUT2D eigenvalue weighted by Crippen LogP contribution is -2.42. The standard InChI is InChI=1S/C21H23F2NO3/c22-17-6-3-7-18(23)16(17)11-10-15-5-4-12-24(13-15)21(26)14-27-20-9-2-1-8-19(20)25/h1-3,6-9,15,25H,4-5,10-14H2/t15-/m0/s1. The second-order valence-electron chi connectivity index (χ2n) is 6.84. The van der Waals surface area contributed by atoms with Crippen LogP contribution < -0.4 is 4.74 Å². The van der Waals surface area contributed by atoms with Crippen molar-refractivity contribution in [1.82, 2.24) is 4.90 Å². The van der Waals surface area contributed by atoms with Gasteiger partial charge in [-0.3, -0.25) is 4.79 Å². The maximum atomic E-state index is 13.8. The summed E-state index contributed by atoms with van der Waals surface area (Å²) in [5.74, 6) is -0.723. The normalized spacial score (nSPS) is 17.0. The van der Waals surface area contributed by atoms with Crippen molar-refractivity contribution in [3.8, 4) is 11.5 Å². The molecular weight excluding hydrogens is 352 g/mol. The van der Waals surface area contributed by atoms with Gasteiger partial charge in [-0.05, 0) is 55.9 Å². The summed E-state index contributed by atoms with van der Waals surface area (Å²) in [6.07, 6.45) is 2.73. The fourth-order valence-electron chi connectivity index (χ4n) is 3.46. The first-order valence-electron chi connectivity index (χ1n) is 9.16. The van der Waals surface area contributed by atoms with E-state index in [4.69, 9.17) is 4.74 Å². The first kappa shape index (κ1) is 19.1. The number of halogens is 2. The van der Waals surface area contributed by atoms with Gasteiger partial charge in [0.25, 0.3) is 5.91 Å². The van der Waals surface area contributed by atoms with Gasteiger partial charge in [-0.1, -0.05) is 18.2 Å². The van der Waals surface area contributed by atoms with E-state index in [9.17, 15) is 18.7 Å². The number of hydrogen-bond acceptors (Lipinski definition) is 3. The Balaban J connectivity index is 1.51. The van der Waals surface area contributed by atoms with Crippen molar-refractivity contribution >= 4 is 5.91 Å².